The first-order chi connectivity index (χ1) is 15.7. The number of ether oxygens (including phenoxy) is 2. The molecular formula is C23H24F3N3O4. The van der Waals surface area contributed by atoms with Crippen molar-refractivity contribution in [3.05, 3.63) is 63.3 Å². The summed E-state index contributed by atoms with van der Waals surface area (Å²) in [6, 6.07) is 8.58. The largest absolute Gasteiger partial charge is 0.490 e. The molecule has 2 N–H and O–H groups in total. The zero-order chi connectivity index (χ0) is 23.8. The summed E-state index contributed by atoms with van der Waals surface area (Å²) in [4.78, 5) is 13.3. The summed E-state index contributed by atoms with van der Waals surface area (Å²) in [5, 5.41) is 14.3. The van der Waals surface area contributed by atoms with Gasteiger partial charge in [-0.25, -0.2) is 0 Å². The molecule has 3 aromatic rings. The topological polar surface area (TPSA) is 89.4 Å². The summed E-state index contributed by atoms with van der Waals surface area (Å²) in [6.07, 6.45) is -4.63. The van der Waals surface area contributed by atoms with Crippen molar-refractivity contribution in [1.82, 2.24) is 10.3 Å². The highest BCUT2D eigenvalue weighted by molar-refractivity contribution is 5.88. The molecule has 0 radical (unpaired) electrons. The quantitative estimate of drug-likeness (QED) is 0.379. The molecule has 4 rings (SSSR count). The lowest BCUT2D eigenvalue weighted by Gasteiger charge is -2.40. The number of halogens is 3. The summed E-state index contributed by atoms with van der Waals surface area (Å²) in [6.45, 7) is 4.56. The number of hydrogen-bond donors (Lipinski definition) is 2. The van der Waals surface area contributed by atoms with Crippen LogP contribution in [-0.2, 0) is 18.4 Å². The van der Waals surface area contributed by atoms with E-state index in [9.17, 15) is 23.3 Å². The van der Waals surface area contributed by atoms with Crippen LogP contribution in [0.25, 0.3) is 10.9 Å². The van der Waals surface area contributed by atoms with E-state index in [1.807, 2.05) is 13.8 Å². The Bertz CT molecular complexity index is 1170. The van der Waals surface area contributed by atoms with Crippen LogP contribution in [-0.4, -0.2) is 35.8 Å². The molecule has 0 saturated heterocycles. The Balaban J connectivity index is 1.86. The molecule has 7 nitrogen and oxygen atoms in total. The first-order valence-corrected chi connectivity index (χ1v) is 10.7. The molecule has 33 heavy (non-hydrogen) atoms. The number of nitrogens with zero attached hydrogens (tertiary/aromatic N) is 1. The van der Waals surface area contributed by atoms with Gasteiger partial charge < -0.3 is 14.5 Å². The zero-order valence-corrected chi connectivity index (χ0v) is 18.2. The third kappa shape index (κ3) is 3.99. The van der Waals surface area contributed by atoms with Crippen molar-refractivity contribution in [3.8, 4) is 11.5 Å². The molecule has 10 heteroatoms. The molecule has 0 bridgehead atoms. The number of aromatic amines is 1. The van der Waals surface area contributed by atoms with E-state index in [1.54, 1.807) is 12.1 Å². The van der Waals surface area contributed by atoms with Crippen LogP contribution < -0.4 is 14.8 Å². The third-order valence-corrected chi connectivity index (χ3v) is 5.90. The summed E-state index contributed by atoms with van der Waals surface area (Å²) in [7, 11) is 0. The standard InChI is InChI=1S/C23H24F3N3O4/c1-3-32-19-11-17-16-9-10-27-22(23(24,25)26,13-14-5-7-15(8-6-14)29(30)31)21(16)28-18(17)12-20(19)33-4-2/h5-8,11-12,27-28H,3-4,9-10,13H2,1-2H3. The number of nitro groups is 1. The van der Waals surface area contributed by atoms with Crippen molar-refractivity contribution in [2.24, 2.45) is 0 Å². The molecule has 0 saturated carbocycles. The number of hydrogen-bond acceptors (Lipinski definition) is 5. The van der Waals surface area contributed by atoms with Crippen molar-refractivity contribution in [2.45, 2.75) is 38.4 Å². The number of nitro benzene ring substituents is 1. The first-order valence-electron chi connectivity index (χ1n) is 10.7. The number of benzene rings is 2. The average molecular weight is 463 g/mol. The van der Waals surface area contributed by atoms with Crippen LogP contribution in [0.4, 0.5) is 18.9 Å². The Hall–Kier alpha value is -3.27. The first kappa shape index (κ1) is 22.9. The van der Waals surface area contributed by atoms with Gasteiger partial charge in [0.05, 0.1) is 18.1 Å². The van der Waals surface area contributed by atoms with Crippen LogP contribution in [0, 0.1) is 10.1 Å². The van der Waals surface area contributed by atoms with Gasteiger partial charge >= 0.3 is 6.18 Å². The number of nitrogens with one attached hydrogen (secondary N) is 2. The molecule has 2 aromatic carbocycles. The predicted octanol–water partition coefficient (Wildman–Crippen LogP) is 5.02. The minimum Gasteiger partial charge on any atom is -0.490 e. The van der Waals surface area contributed by atoms with Crippen molar-refractivity contribution < 1.29 is 27.6 Å². The van der Waals surface area contributed by atoms with Crippen LogP contribution in [0.1, 0.15) is 30.7 Å². The molecule has 0 amide bonds. The fourth-order valence-electron chi connectivity index (χ4n) is 4.44. The van der Waals surface area contributed by atoms with Gasteiger partial charge in [-0.15, -0.1) is 0 Å². The lowest BCUT2D eigenvalue weighted by atomic mass is 9.81. The van der Waals surface area contributed by atoms with Gasteiger partial charge in [-0.3, -0.25) is 15.4 Å². The highest BCUT2D eigenvalue weighted by Gasteiger charge is 2.58. The Morgan fingerprint density at radius 1 is 1.09 bits per heavy atom. The second-order valence-electron chi connectivity index (χ2n) is 7.87. The number of alkyl halides is 3. The predicted molar refractivity (Wildman–Crippen MR) is 117 cm³/mol. The van der Waals surface area contributed by atoms with E-state index in [-0.39, 0.29) is 17.9 Å². The second-order valence-corrected chi connectivity index (χ2v) is 7.87. The molecule has 0 fully saturated rings. The van der Waals surface area contributed by atoms with Gasteiger partial charge in [0, 0.05) is 47.8 Å². The lowest BCUT2D eigenvalue weighted by molar-refractivity contribution is -0.384. The molecule has 2 heterocycles. The van der Waals surface area contributed by atoms with E-state index >= 15 is 0 Å². The Kier molecular flexibility index (Phi) is 5.96. The summed E-state index contributed by atoms with van der Waals surface area (Å²) >= 11 is 0. The van der Waals surface area contributed by atoms with Gasteiger partial charge in [-0.1, -0.05) is 12.1 Å². The van der Waals surface area contributed by atoms with Crippen molar-refractivity contribution >= 4 is 16.6 Å². The highest BCUT2D eigenvalue weighted by atomic mass is 19.4. The highest BCUT2D eigenvalue weighted by Crippen LogP contribution is 2.47. The van der Waals surface area contributed by atoms with Crippen LogP contribution >= 0.6 is 0 Å². The minimum atomic E-state index is -4.63. The molecule has 1 aromatic heterocycles. The van der Waals surface area contributed by atoms with Gasteiger partial charge in [0.1, 0.15) is 0 Å². The molecule has 1 atom stereocenters. The van der Waals surface area contributed by atoms with Crippen LogP contribution in [0.5, 0.6) is 11.5 Å². The monoisotopic (exact) mass is 463 g/mol. The van der Waals surface area contributed by atoms with Gasteiger partial charge in [0.15, 0.2) is 17.0 Å². The summed E-state index contributed by atoms with van der Waals surface area (Å²) in [5.74, 6) is 0.951. The molecule has 1 unspecified atom stereocenters. The smallest absolute Gasteiger partial charge is 0.412 e. The minimum absolute atomic E-state index is 0.0469. The summed E-state index contributed by atoms with van der Waals surface area (Å²) < 4.78 is 55.3. The maximum atomic E-state index is 14.7. The number of aromatic nitrogens is 1. The van der Waals surface area contributed by atoms with E-state index in [2.05, 4.69) is 10.3 Å². The maximum Gasteiger partial charge on any atom is 0.412 e. The van der Waals surface area contributed by atoms with Crippen LogP contribution in [0.15, 0.2) is 36.4 Å². The second kappa shape index (κ2) is 8.58. The maximum absolute atomic E-state index is 14.7. The number of H-pyrrole nitrogens is 1. The van der Waals surface area contributed by atoms with Crippen molar-refractivity contribution in [2.75, 3.05) is 19.8 Å². The van der Waals surface area contributed by atoms with Crippen molar-refractivity contribution in [1.29, 1.82) is 0 Å². The van der Waals surface area contributed by atoms with Gasteiger partial charge in [0.2, 0.25) is 0 Å². The molecule has 1 aliphatic rings. The van der Waals surface area contributed by atoms with Crippen LogP contribution in [0.3, 0.4) is 0 Å². The van der Waals surface area contributed by atoms with E-state index in [0.29, 0.717) is 53.2 Å². The molecular weight excluding hydrogens is 439 g/mol. The van der Waals surface area contributed by atoms with E-state index in [4.69, 9.17) is 9.47 Å². The Morgan fingerprint density at radius 3 is 2.30 bits per heavy atom. The molecule has 0 aliphatic carbocycles. The summed E-state index contributed by atoms with van der Waals surface area (Å²) in [5.41, 5.74) is -1.05. The molecule has 176 valence electrons. The van der Waals surface area contributed by atoms with E-state index in [1.165, 1.54) is 24.3 Å². The van der Waals surface area contributed by atoms with Gasteiger partial charge in [0.25, 0.3) is 5.69 Å². The van der Waals surface area contributed by atoms with Gasteiger partial charge in [-0.2, -0.15) is 13.2 Å². The Morgan fingerprint density at radius 2 is 1.73 bits per heavy atom. The van der Waals surface area contributed by atoms with Crippen molar-refractivity contribution in [3.63, 3.8) is 0 Å². The lowest BCUT2D eigenvalue weighted by Crippen LogP contribution is -2.58. The molecule has 1 aliphatic heterocycles. The average Bonchev–Trinajstić information content (AvgIpc) is 3.12. The Labute approximate surface area is 188 Å². The third-order valence-electron chi connectivity index (χ3n) is 5.90. The fraction of sp³-hybridized carbons (Fsp3) is 0.391. The van der Waals surface area contributed by atoms with Crippen LogP contribution in [0.2, 0.25) is 0 Å². The SMILES string of the molecule is CCOc1cc2[nH]c3c(c2cc1OCC)CCNC3(Cc1ccc([N+](=O)[O-])cc1)C(F)(F)F. The van der Waals surface area contributed by atoms with E-state index < -0.39 is 23.1 Å². The zero-order valence-electron chi connectivity index (χ0n) is 18.2. The fourth-order valence-corrected chi connectivity index (χ4v) is 4.44. The normalized spacial score (nSPS) is 18.2. The van der Waals surface area contributed by atoms with E-state index in [0.717, 1.165) is 0 Å². The number of rotatable bonds is 7. The molecule has 0 spiro atoms. The van der Waals surface area contributed by atoms with Gasteiger partial charge in [-0.05, 0) is 37.5 Å². The number of fused-ring (bicyclic) bond motifs is 3. The number of non-ortho nitro benzene ring substituents is 1.